The Morgan fingerprint density at radius 1 is 1.03 bits per heavy atom. The zero-order valence-corrected chi connectivity index (χ0v) is 18.6. The van der Waals surface area contributed by atoms with Crippen molar-refractivity contribution in [2.24, 2.45) is 0 Å². The zero-order valence-electron chi connectivity index (χ0n) is 18.6. The molecule has 164 valence electrons. The van der Waals surface area contributed by atoms with Crippen LogP contribution in [0.3, 0.4) is 0 Å². The highest BCUT2D eigenvalue weighted by molar-refractivity contribution is 5.96. The van der Waals surface area contributed by atoms with Crippen LogP contribution < -0.4 is 5.32 Å². The number of aryl methyl sites for hydroxylation is 2. The van der Waals surface area contributed by atoms with Crippen molar-refractivity contribution < 1.29 is 14.3 Å². The second-order valence-electron chi connectivity index (χ2n) is 7.85. The third-order valence-corrected chi connectivity index (χ3v) is 5.52. The van der Waals surface area contributed by atoms with E-state index in [1.54, 1.807) is 11.6 Å². The van der Waals surface area contributed by atoms with Crippen LogP contribution in [0.5, 0.6) is 0 Å². The molecular weight excluding hydrogens is 404 g/mol. The van der Waals surface area contributed by atoms with E-state index in [0.717, 1.165) is 28.0 Å². The van der Waals surface area contributed by atoms with Crippen molar-refractivity contribution in [1.82, 2.24) is 14.3 Å². The van der Waals surface area contributed by atoms with Gasteiger partial charge in [0.15, 0.2) is 6.10 Å². The number of anilines is 1. The molecule has 0 spiro atoms. The number of aromatic nitrogens is 3. The number of amides is 1. The highest BCUT2D eigenvalue weighted by Gasteiger charge is 2.22. The van der Waals surface area contributed by atoms with Crippen molar-refractivity contribution in [1.29, 1.82) is 0 Å². The van der Waals surface area contributed by atoms with Crippen molar-refractivity contribution in [2.75, 3.05) is 5.32 Å². The molecule has 32 heavy (non-hydrogen) atoms. The summed E-state index contributed by atoms with van der Waals surface area (Å²) in [6, 6.07) is 19.6. The molecule has 1 amide bonds. The van der Waals surface area contributed by atoms with Gasteiger partial charge in [0.05, 0.1) is 22.8 Å². The topological polar surface area (TPSA) is 78.2 Å². The van der Waals surface area contributed by atoms with Gasteiger partial charge in [-0.1, -0.05) is 36.4 Å². The minimum absolute atomic E-state index is 0.0426. The predicted octanol–water partition coefficient (Wildman–Crippen LogP) is 4.32. The number of hydrogen-bond acceptors (Lipinski definition) is 4. The third-order valence-electron chi connectivity index (χ3n) is 5.52. The lowest BCUT2D eigenvalue weighted by molar-refractivity contribution is -0.153. The van der Waals surface area contributed by atoms with E-state index in [4.69, 9.17) is 4.74 Å². The monoisotopic (exact) mass is 430 g/mol. The molecule has 0 saturated carbocycles. The highest BCUT2D eigenvalue weighted by atomic mass is 16.5. The van der Waals surface area contributed by atoms with Crippen LogP contribution in [0.4, 0.5) is 5.69 Å². The summed E-state index contributed by atoms with van der Waals surface area (Å²) in [6.07, 6.45) is -0.941. The molecule has 7 heteroatoms. The molecule has 0 saturated heterocycles. The minimum Gasteiger partial charge on any atom is -0.451 e. The van der Waals surface area contributed by atoms with Crippen LogP contribution in [0, 0.1) is 20.8 Å². The van der Waals surface area contributed by atoms with E-state index in [2.05, 4.69) is 10.4 Å². The molecule has 0 bridgehead atoms. The molecule has 2 aromatic heterocycles. The van der Waals surface area contributed by atoms with E-state index in [9.17, 15) is 9.59 Å². The Morgan fingerprint density at radius 3 is 2.47 bits per heavy atom. The molecule has 0 aliphatic heterocycles. The molecular formula is C25H26N4O3. The van der Waals surface area contributed by atoms with Crippen LogP contribution in [-0.2, 0) is 20.9 Å². The van der Waals surface area contributed by atoms with E-state index < -0.39 is 18.0 Å². The van der Waals surface area contributed by atoms with Crippen molar-refractivity contribution >= 4 is 28.5 Å². The number of para-hydroxylation sites is 2. The molecule has 0 aliphatic rings. The summed E-state index contributed by atoms with van der Waals surface area (Å²) in [5.41, 5.74) is 4.93. The Hall–Kier alpha value is -3.87. The van der Waals surface area contributed by atoms with Gasteiger partial charge in [-0.05, 0) is 57.3 Å². The number of hydrogen-bond donors (Lipinski definition) is 1. The Morgan fingerprint density at radius 2 is 1.72 bits per heavy atom. The lowest BCUT2D eigenvalue weighted by Crippen LogP contribution is -2.31. The van der Waals surface area contributed by atoms with Gasteiger partial charge < -0.3 is 14.6 Å². The van der Waals surface area contributed by atoms with E-state index in [1.807, 2.05) is 86.0 Å². The molecule has 4 rings (SSSR count). The summed E-state index contributed by atoms with van der Waals surface area (Å²) in [6.45, 7) is 7.28. The standard InChI is InChI=1S/C25H26N4O3/c1-16-14-20-10-8-9-13-22(20)28(16)15-23(30)32-19(4)25(31)26-24-17(2)27-29(18(24)3)21-11-6-5-7-12-21/h5-14,19H,15H2,1-4H3,(H,26,31). The lowest BCUT2D eigenvalue weighted by Gasteiger charge is -2.15. The van der Waals surface area contributed by atoms with E-state index in [0.29, 0.717) is 11.4 Å². The number of carbonyl (C=O) groups excluding carboxylic acids is 2. The first kappa shape index (κ1) is 21.4. The SMILES string of the molecule is Cc1nn(-c2ccccc2)c(C)c1NC(=O)C(C)OC(=O)Cn1c(C)cc2ccccc21. The van der Waals surface area contributed by atoms with Gasteiger partial charge >= 0.3 is 5.97 Å². The van der Waals surface area contributed by atoms with Gasteiger partial charge in [-0.25, -0.2) is 4.68 Å². The second kappa shape index (κ2) is 8.70. The average Bonchev–Trinajstić information content (AvgIpc) is 3.24. The zero-order chi connectivity index (χ0) is 22.8. The highest BCUT2D eigenvalue weighted by Crippen LogP contribution is 2.23. The fraction of sp³-hybridized carbons (Fsp3) is 0.240. The fourth-order valence-corrected chi connectivity index (χ4v) is 3.84. The van der Waals surface area contributed by atoms with Gasteiger partial charge in [0.25, 0.3) is 5.91 Å². The van der Waals surface area contributed by atoms with Gasteiger partial charge in [0.2, 0.25) is 0 Å². The Labute approximate surface area is 186 Å². The third kappa shape index (κ3) is 4.14. The molecule has 1 N–H and O–H groups in total. The summed E-state index contributed by atoms with van der Waals surface area (Å²) in [7, 11) is 0. The van der Waals surface area contributed by atoms with Crippen LogP contribution in [0.25, 0.3) is 16.6 Å². The minimum atomic E-state index is -0.941. The average molecular weight is 431 g/mol. The second-order valence-corrected chi connectivity index (χ2v) is 7.85. The first-order chi connectivity index (χ1) is 15.3. The number of ether oxygens (including phenoxy) is 1. The van der Waals surface area contributed by atoms with Gasteiger partial charge in [0, 0.05) is 11.2 Å². The number of fused-ring (bicyclic) bond motifs is 1. The van der Waals surface area contributed by atoms with Crippen LogP contribution in [0.2, 0.25) is 0 Å². The van der Waals surface area contributed by atoms with E-state index in [1.165, 1.54) is 0 Å². The molecule has 1 atom stereocenters. The molecule has 1 unspecified atom stereocenters. The smallest absolute Gasteiger partial charge is 0.326 e. The van der Waals surface area contributed by atoms with E-state index >= 15 is 0 Å². The molecule has 2 aromatic carbocycles. The quantitative estimate of drug-likeness (QED) is 0.462. The fourth-order valence-electron chi connectivity index (χ4n) is 3.84. The largest absolute Gasteiger partial charge is 0.451 e. The Bertz CT molecular complexity index is 1290. The van der Waals surface area contributed by atoms with Crippen molar-refractivity contribution in [2.45, 2.75) is 40.3 Å². The maximum absolute atomic E-state index is 12.7. The first-order valence-electron chi connectivity index (χ1n) is 10.5. The number of benzene rings is 2. The number of rotatable bonds is 6. The summed E-state index contributed by atoms with van der Waals surface area (Å²) in [5.74, 6) is -0.864. The first-order valence-corrected chi connectivity index (χ1v) is 10.5. The number of carbonyl (C=O) groups is 2. The molecule has 7 nitrogen and oxygen atoms in total. The molecule has 0 aliphatic carbocycles. The Balaban J connectivity index is 1.44. The van der Waals surface area contributed by atoms with Crippen LogP contribution in [0.15, 0.2) is 60.7 Å². The predicted molar refractivity (Wildman–Crippen MR) is 124 cm³/mol. The summed E-state index contributed by atoms with van der Waals surface area (Å²) >= 11 is 0. The van der Waals surface area contributed by atoms with Crippen LogP contribution >= 0.6 is 0 Å². The number of nitrogens with zero attached hydrogens (tertiary/aromatic N) is 3. The van der Waals surface area contributed by atoms with Crippen molar-refractivity contribution in [3.05, 3.63) is 77.7 Å². The summed E-state index contributed by atoms with van der Waals surface area (Å²) < 4.78 is 9.10. The normalized spacial score (nSPS) is 12.0. The van der Waals surface area contributed by atoms with Crippen LogP contribution in [0.1, 0.15) is 24.0 Å². The van der Waals surface area contributed by atoms with Crippen molar-refractivity contribution in [3.8, 4) is 5.69 Å². The van der Waals surface area contributed by atoms with Gasteiger partial charge in [-0.2, -0.15) is 5.10 Å². The van der Waals surface area contributed by atoms with E-state index in [-0.39, 0.29) is 6.54 Å². The summed E-state index contributed by atoms with van der Waals surface area (Å²) in [4.78, 5) is 25.3. The maximum atomic E-state index is 12.7. The maximum Gasteiger partial charge on any atom is 0.326 e. The lowest BCUT2D eigenvalue weighted by atomic mass is 10.2. The number of nitrogens with one attached hydrogen (secondary N) is 1. The van der Waals surface area contributed by atoms with Gasteiger partial charge in [-0.3, -0.25) is 9.59 Å². The summed E-state index contributed by atoms with van der Waals surface area (Å²) in [5, 5.41) is 8.46. The molecule has 4 aromatic rings. The van der Waals surface area contributed by atoms with Gasteiger partial charge in [0.1, 0.15) is 6.54 Å². The molecule has 0 radical (unpaired) electrons. The molecule has 0 fully saturated rings. The van der Waals surface area contributed by atoms with Crippen LogP contribution in [-0.4, -0.2) is 32.3 Å². The Kier molecular flexibility index (Phi) is 5.81. The number of esters is 1. The van der Waals surface area contributed by atoms with Crippen molar-refractivity contribution in [3.63, 3.8) is 0 Å². The molecule has 2 heterocycles. The van der Waals surface area contributed by atoms with Gasteiger partial charge in [-0.15, -0.1) is 0 Å².